The summed E-state index contributed by atoms with van der Waals surface area (Å²) in [6, 6.07) is 12.2. The summed E-state index contributed by atoms with van der Waals surface area (Å²) in [5.41, 5.74) is 2.34. The molecule has 1 amide bonds. The number of aliphatic hydroxyl groups excluding tert-OH is 1. The molecule has 0 spiro atoms. The zero-order valence-electron chi connectivity index (χ0n) is 21.6. The van der Waals surface area contributed by atoms with Crippen molar-refractivity contribution in [1.29, 1.82) is 0 Å². The van der Waals surface area contributed by atoms with Gasteiger partial charge in [-0.25, -0.2) is 0 Å². The average Bonchev–Trinajstić information content (AvgIpc) is 3.61. The molecule has 196 valence electrons. The van der Waals surface area contributed by atoms with E-state index in [1.807, 2.05) is 43.3 Å². The first kappa shape index (κ1) is 25.3. The number of carbonyl (C=O) groups is 2. The molecule has 0 aromatic heterocycles. The van der Waals surface area contributed by atoms with Crippen LogP contribution in [-0.2, 0) is 20.7 Å². The number of hydrogen-bond acceptors (Lipinski definition) is 6. The number of Topliss-reactive ketones (excluding diaryl/α,β-unsaturated/α-hetero) is 1. The number of benzene rings is 2. The molecule has 37 heavy (non-hydrogen) atoms. The Morgan fingerprint density at radius 2 is 1.95 bits per heavy atom. The average molecular weight is 506 g/mol. The summed E-state index contributed by atoms with van der Waals surface area (Å²) in [4.78, 5) is 28.2. The lowest BCUT2D eigenvalue weighted by Crippen LogP contribution is -2.36. The van der Waals surface area contributed by atoms with Gasteiger partial charge in [-0.2, -0.15) is 0 Å². The highest BCUT2D eigenvalue weighted by molar-refractivity contribution is 6.46. The van der Waals surface area contributed by atoms with Crippen LogP contribution in [0.5, 0.6) is 11.5 Å². The van der Waals surface area contributed by atoms with Gasteiger partial charge in [-0.3, -0.25) is 9.59 Å². The molecule has 3 unspecified atom stereocenters. The third kappa shape index (κ3) is 5.23. The number of nitrogens with zero attached hydrogens (tertiary/aromatic N) is 1. The predicted molar refractivity (Wildman–Crippen MR) is 140 cm³/mol. The third-order valence-corrected chi connectivity index (χ3v) is 7.35. The van der Waals surface area contributed by atoms with Crippen molar-refractivity contribution in [3.8, 4) is 11.5 Å². The molecule has 2 saturated heterocycles. The number of aliphatic hydroxyl groups is 1. The van der Waals surface area contributed by atoms with E-state index >= 15 is 0 Å². The molecule has 2 aromatic carbocycles. The molecule has 3 aliphatic rings. The first-order chi connectivity index (χ1) is 18.0. The molecule has 0 bridgehead atoms. The molecule has 3 aliphatic heterocycles. The minimum absolute atomic E-state index is 0.0621. The van der Waals surface area contributed by atoms with Crippen LogP contribution in [0, 0.1) is 0 Å². The van der Waals surface area contributed by atoms with Gasteiger partial charge in [0.2, 0.25) is 0 Å². The van der Waals surface area contributed by atoms with E-state index in [0.29, 0.717) is 25.3 Å². The van der Waals surface area contributed by atoms with Crippen LogP contribution in [0.2, 0.25) is 0 Å². The Morgan fingerprint density at radius 1 is 1.14 bits per heavy atom. The molecule has 7 nitrogen and oxygen atoms in total. The largest absolute Gasteiger partial charge is 0.507 e. The lowest BCUT2D eigenvalue weighted by Gasteiger charge is -2.27. The monoisotopic (exact) mass is 505 g/mol. The minimum Gasteiger partial charge on any atom is -0.507 e. The number of hydrogen-bond donors (Lipinski definition) is 1. The third-order valence-electron chi connectivity index (χ3n) is 7.35. The summed E-state index contributed by atoms with van der Waals surface area (Å²) in [6.07, 6.45) is 5.66. The fourth-order valence-corrected chi connectivity index (χ4v) is 5.44. The Bertz CT molecular complexity index is 1180. The first-order valence-corrected chi connectivity index (χ1v) is 13.4. The highest BCUT2D eigenvalue weighted by Crippen LogP contribution is 2.41. The summed E-state index contributed by atoms with van der Waals surface area (Å²) in [6.45, 7) is 5.74. The maximum atomic E-state index is 13.3. The van der Waals surface area contributed by atoms with Crippen molar-refractivity contribution in [2.75, 3.05) is 19.8 Å². The van der Waals surface area contributed by atoms with Gasteiger partial charge in [0, 0.05) is 25.1 Å². The predicted octanol–water partition coefficient (Wildman–Crippen LogP) is 5.18. The normalized spacial score (nSPS) is 24.4. The zero-order valence-corrected chi connectivity index (χ0v) is 21.6. The minimum atomic E-state index is -0.707. The van der Waals surface area contributed by atoms with E-state index < -0.39 is 17.7 Å². The molecular weight excluding hydrogens is 470 g/mol. The number of ketones is 1. The molecule has 0 radical (unpaired) electrons. The zero-order chi connectivity index (χ0) is 25.9. The number of likely N-dealkylation sites (tertiary alicyclic amines) is 1. The molecule has 3 heterocycles. The van der Waals surface area contributed by atoms with Crippen LogP contribution >= 0.6 is 0 Å². The van der Waals surface area contributed by atoms with Crippen LogP contribution in [0.25, 0.3) is 5.76 Å². The van der Waals surface area contributed by atoms with Crippen molar-refractivity contribution in [1.82, 2.24) is 4.90 Å². The van der Waals surface area contributed by atoms with E-state index in [0.717, 1.165) is 61.2 Å². The second kappa shape index (κ2) is 11.0. The van der Waals surface area contributed by atoms with Crippen LogP contribution in [0.4, 0.5) is 0 Å². The Labute approximate surface area is 218 Å². The molecule has 1 N–H and O–H groups in total. The van der Waals surface area contributed by atoms with Gasteiger partial charge in [0.25, 0.3) is 11.7 Å². The number of amides is 1. The second-order valence-corrected chi connectivity index (χ2v) is 10.2. The lowest BCUT2D eigenvalue weighted by molar-refractivity contribution is -0.140. The van der Waals surface area contributed by atoms with Crippen LogP contribution in [-0.4, -0.2) is 53.7 Å². The molecule has 2 fully saturated rings. The Balaban J connectivity index is 1.49. The van der Waals surface area contributed by atoms with Crippen molar-refractivity contribution >= 4 is 17.4 Å². The van der Waals surface area contributed by atoms with E-state index in [4.69, 9.17) is 14.2 Å². The standard InChI is InChI=1S/C30H35NO6/c1-3-4-5-14-35-23-11-8-20(9-12-23)27-26(29(33)30(34)31(27)18-24-7-6-15-36-24)28(32)21-10-13-25-22(17-21)16-19(2)37-25/h8-13,17,19,24,27,32H,3-7,14-16,18H2,1-2H3/b28-26+. The Kier molecular flexibility index (Phi) is 7.51. The van der Waals surface area contributed by atoms with Gasteiger partial charge in [-0.15, -0.1) is 0 Å². The van der Waals surface area contributed by atoms with Crippen molar-refractivity contribution in [3.05, 3.63) is 64.7 Å². The highest BCUT2D eigenvalue weighted by Gasteiger charge is 2.47. The lowest BCUT2D eigenvalue weighted by atomic mass is 9.94. The summed E-state index contributed by atoms with van der Waals surface area (Å²) in [5.74, 6) is 0.0728. The summed E-state index contributed by atoms with van der Waals surface area (Å²) < 4.78 is 17.4. The van der Waals surface area contributed by atoms with E-state index in [1.54, 1.807) is 11.0 Å². The quantitative estimate of drug-likeness (QED) is 0.219. The van der Waals surface area contributed by atoms with E-state index in [2.05, 4.69) is 6.92 Å². The maximum absolute atomic E-state index is 13.3. The van der Waals surface area contributed by atoms with Gasteiger partial charge in [0.15, 0.2) is 0 Å². The fourth-order valence-electron chi connectivity index (χ4n) is 5.44. The molecule has 2 aromatic rings. The summed E-state index contributed by atoms with van der Waals surface area (Å²) in [7, 11) is 0. The molecule has 0 aliphatic carbocycles. The number of carbonyl (C=O) groups excluding carboxylic acids is 2. The molecule has 5 rings (SSSR count). The summed E-state index contributed by atoms with van der Waals surface area (Å²) in [5, 5.41) is 11.4. The van der Waals surface area contributed by atoms with Crippen LogP contribution in [0.1, 0.15) is 68.7 Å². The Hall–Kier alpha value is -3.32. The van der Waals surface area contributed by atoms with E-state index in [1.165, 1.54) is 0 Å². The van der Waals surface area contributed by atoms with Crippen molar-refractivity contribution in [3.63, 3.8) is 0 Å². The van der Waals surface area contributed by atoms with Crippen molar-refractivity contribution in [2.45, 2.75) is 70.6 Å². The molecular formula is C30H35NO6. The van der Waals surface area contributed by atoms with Crippen molar-refractivity contribution in [2.24, 2.45) is 0 Å². The van der Waals surface area contributed by atoms with Crippen LogP contribution in [0.3, 0.4) is 0 Å². The number of rotatable bonds is 9. The highest BCUT2D eigenvalue weighted by atomic mass is 16.5. The number of ether oxygens (including phenoxy) is 3. The van der Waals surface area contributed by atoms with Gasteiger partial charge in [0.1, 0.15) is 23.4 Å². The van der Waals surface area contributed by atoms with Crippen molar-refractivity contribution < 1.29 is 28.9 Å². The topological polar surface area (TPSA) is 85.3 Å². The van der Waals surface area contributed by atoms with Gasteiger partial charge >= 0.3 is 0 Å². The molecule has 3 atom stereocenters. The van der Waals surface area contributed by atoms with Crippen LogP contribution < -0.4 is 9.47 Å². The molecule has 7 heteroatoms. The van der Waals surface area contributed by atoms with E-state index in [9.17, 15) is 14.7 Å². The van der Waals surface area contributed by atoms with Gasteiger partial charge in [-0.1, -0.05) is 31.9 Å². The second-order valence-electron chi connectivity index (χ2n) is 10.2. The first-order valence-electron chi connectivity index (χ1n) is 13.4. The van der Waals surface area contributed by atoms with Gasteiger partial charge < -0.3 is 24.2 Å². The van der Waals surface area contributed by atoms with Crippen LogP contribution in [0.15, 0.2) is 48.0 Å². The number of unbranched alkanes of at least 4 members (excludes halogenated alkanes) is 2. The summed E-state index contributed by atoms with van der Waals surface area (Å²) >= 11 is 0. The molecule has 0 saturated carbocycles. The van der Waals surface area contributed by atoms with E-state index in [-0.39, 0.29) is 23.5 Å². The van der Waals surface area contributed by atoms with Gasteiger partial charge in [0.05, 0.1) is 24.3 Å². The number of fused-ring (bicyclic) bond motifs is 1. The Morgan fingerprint density at radius 3 is 2.68 bits per heavy atom. The maximum Gasteiger partial charge on any atom is 0.295 e. The smallest absolute Gasteiger partial charge is 0.295 e. The fraction of sp³-hybridized carbons (Fsp3) is 0.467. The van der Waals surface area contributed by atoms with Gasteiger partial charge in [-0.05, 0) is 67.6 Å². The SMILES string of the molecule is CCCCCOc1ccc(C2/C(=C(\O)c3ccc4c(c3)CC(C)O4)C(=O)C(=O)N2CC2CCCO2)cc1.